The van der Waals surface area contributed by atoms with Crippen LogP contribution in [0.3, 0.4) is 0 Å². The third kappa shape index (κ3) is 5.77. The molecule has 9 nitrogen and oxygen atoms in total. The molecule has 192 valence electrons. The summed E-state index contributed by atoms with van der Waals surface area (Å²) in [6, 6.07) is 6.16. The van der Waals surface area contributed by atoms with Gasteiger partial charge in [0.2, 0.25) is 17.8 Å². The molecule has 2 aliphatic heterocycles. The number of anilines is 2. The van der Waals surface area contributed by atoms with Gasteiger partial charge in [0.25, 0.3) is 5.91 Å². The Labute approximate surface area is 208 Å². The van der Waals surface area contributed by atoms with E-state index in [1.807, 2.05) is 4.90 Å². The first-order valence-corrected chi connectivity index (χ1v) is 11.8. The second-order valence-corrected chi connectivity index (χ2v) is 9.48. The molecule has 0 N–H and O–H groups in total. The highest BCUT2D eigenvalue weighted by molar-refractivity contribution is 5.99. The van der Waals surface area contributed by atoms with Gasteiger partial charge in [0, 0.05) is 58.6 Å². The summed E-state index contributed by atoms with van der Waals surface area (Å²) in [6.07, 6.45) is 2.20. The molecule has 36 heavy (non-hydrogen) atoms. The molecule has 0 aliphatic carbocycles. The number of alkyl halides is 2. The van der Waals surface area contributed by atoms with Crippen LogP contribution in [0, 0.1) is 5.92 Å². The molecule has 2 saturated heterocycles. The summed E-state index contributed by atoms with van der Waals surface area (Å²) in [5.74, 6) is -2.53. The molecule has 1 atom stereocenters. The predicted molar refractivity (Wildman–Crippen MR) is 128 cm³/mol. The van der Waals surface area contributed by atoms with Gasteiger partial charge in [0.15, 0.2) is 11.9 Å². The average molecular weight is 502 g/mol. The molecule has 1 aromatic heterocycles. The number of halogens is 2. The van der Waals surface area contributed by atoms with Crippen molar-refractivity contribution in [2.24, 2.45) is 5.92 Å². The van der Waals surface area contributed by atoms with Crippen LogP contribution in [0.5, 0.6) is 5.75 Å². The van der Waals surface area contributed by atoms with Crippen molar-refractivity contribution in [2.45, 2.75) is 38.2 Å². The molecule has 0 unspecified atom stereocenters. The highest BCUT2D eigenvalue weighted by Gasteiger charge is 2.37. The summed E-state index contributed by atoms with van der Waals surface area (Å²) in [5.41, 5.74) is 0.882. The number of carbonyl (C=O) groups is 3. The molecule has 2 aliphatic rings. The fourth-order valence-corrected chi connectivity index (χ4v) is 4.16. The number of ketones is 1. The maximum atomic E-state index is 13.0. The van der Waals surface area contributed by atoms with Crippen molar-refractivity contribution in [1.82, 2.24) is 14.9 Å². The fraction of sp³-hybridized carbons (Fsp3) is 0.480. The van der Waals surface area contributed by atoms with E-state index < -0.39 is 18.4 Å². The number of aromatic nitrogens is 2. The molecule has 3 heterocycles. The Kier molecular flexibility index (Phi) is 7.18. The van der Waals surface area contributed by atoms with Crippen molar-refractivity contribution in [3.8, 4) is 5.75 Å². The van der Waals surface area contributed by atoms with E-state index in [1.165, 1.54) is 12.1 Å². The minimum atomic E-state index is -2.89. The van der Waals surface area contributed by atoms with Gasteiger partial charge >= 0.3 is 0 Å². The number of hydrogen-bond donors (Lipinski definition) is 0. The number of hydrogen-bond acceptors (Lipinski definition) is 7. The van der Waals surface area contributed by atoms with Crippen molar-refractivity contribution >= 4 is 29.2 Å². The van der Waals surface area contributed by atoms with Crippen molar-refractivity contribution < 1.29 is 27.9 Å². The quantitative estimate of drug-likeness (QED) is 0.488. The normalized spacial score (nSPS) is 18.2. The molecular formula is C25H29F2N5O4. The van der Waals surface area contributed by atoms with Gasteiger partial charge in [-0.1, -0.05) is 0 Å². The highest BCUT2D eigenvalue weighted by Crippen LogP contribution is 2.27. The number of ether oxygens (including phenoxy) is 1. The molecule has 1 aromatic carbocycles. The van der Waals surface area contributed by atoms with Gasteiger partial charge < -0.3 is 19.4 Å². The van der Waals surface area contributed by atoms with Crippen LogP contribution >= 0.6 is 0 Å². The Balaban J connectivity index is 1.30. The minimum Gasteiger partial charge on any atom is -0.481 e. The van der Waals surface area contributed by atoms with Gasteiger partial charge in [-0.25, -0.2) is 18.7 Å². The van der Waals surface area contributed by atoms with Gasteiger partial charge in [0.1, 0.15) is 5.75 Å². The van der Waals surface area contributed by atoms with E-state index in [0.717, 1.165) is 6.92 Å². The van der Waals surface area contributed by atoms with E-state index in [4.69, 9.17) is 4.74 Å². The number of benzene rings is 1. The highest BCUT2D eigenvalue weighted by atomic mass is 19.3. The molecule has 2 amide bonds. The molecule has 0 radical (unpaired) electrons. The number of Topliss-reactive ketones (excluding diaryl/α,β-unsaturated/α-hetero) is 1. The lowest BCUT2D eigenvalue weighted by atomic mass is 9.99. The van der Waals surface area contributed by atoms with Crippen LogP contribution in [-0.4, -0.2) is 78.2 Å². The Morgan fingerprint density at radius 3 is 2.36 bits per heavy atom. The molecule has 0 spiro atoms. The van der Waals surface area contributed by atoms with E-state index in [2.05, 4.69) is 9.97 Å². The predicted octanol–water partition coefficient (Wildman–Crippen LogP) is 2.80. The number of rotatable bonds is 9. The van der Waals surface area contributed by atoms with E-state index in [9.17, 15) is 23.2 Å². The lowest BCUT2D eigenvalue weighted by Gasteiger charge is -2.39. The number of carbonyl (C=O) groups excluding carboxylic acids is 3. The second kappa shape index (κ2) is 10.2. The van der Waals surface area contributed by atoms with Crippen LogP contribution < -0.4 is 14.5 Å². The van der Waals surface area contributed by atoms with Gasteiger partial charge in [-0.05, 0) is 31.2 Å². The molecule has 2 aromatic rings. The van der Waals surface area contributed by atoms with E-state index >= 15 is 0 Å². The third-order valence-corrected chi connectivity index (χ3v) is 6.29. The second-order valence-electron chi connectivity index (χ2n) is 9.48. The smallest absolute Gasteiger partial charge is 0.268 e. The topological polar surface area (TPSA) is 95.9 Å². The van der Waals surface area contributed by atoms with Crippen LogP contribution in [0.25, 0.3) is 0 Å². The zero-order valence-electron chi connectivity index (χ0n) is 20.5. The van der Waals surface area contributed by atoms with Crippen LogP contribution in [0.4, 0.5) is 20.4 Å². The maximum absolute atomic E-state index is 13.0. The van der Waals surface area contributed by atoms with Crippen molar-refractivity contribution in [3.63, 3.8) is 0 Å². The third-order valence-electron chi connectivity index (χ3n) is 6.29. The lowest BCUT2D eigenvalue weighted by Crippen LogP contribution is -2.54. The molecule has 2 fully saturated rings. The summed E-state index contributed by atoms with van der Waals surface area (Å²) in [7, 11) is 3.47. The van der Waals surface area contributed by atoms with Crippen LogP contribution in [0.2, 0.25) is 0 Å². The van der Waals surface area contributed by atoms with Gasteiger partial charge in [-0.3, -0.25) is 14.4 Å². The first-order chi connectivity index (χ1) is 17.0. The molecule has 0 saturated carbocycles. The van der Waals surface area contributed by atoms with Crippen LogP contribution in [0.15, 0.2) is 36.7 Å². The van der Waals surface area contributed by atoms with Crippen LogP contribution in [0.1, 0.15) is 36.5 Å². The van der Waals surface area contributed by atoms with Gasteiger partial charge in [-0.15, -0.1) is 0 Å². The maximum Gasteiger partial charge on any atom is 0.268 e. The number of nitrogens with zero attached hydrogens (tertiary/aromatic N) is 5. The zero-order chi connectivity index (χ0) is 26.0. The first kappa shape index (κ1) is 25.5. The van der Waals surface area contributed by atoms with Crippen molar-refractivity contribution in [3.05, 3.63) is 42.2 Å². The summed E-state index contributed by atoms with van der Waals surface area (Å²) in [4.78, 5) is 50.8. The number of amides is 2. The largest absolute Gasteiger partial charge is 0.481 e. The molecular weight excluding hydrogens is 472 g/mol. The molecule has 11 heteroatoms. The van der Waals surface area contributed by atoms with Gasteiger partial charge in [0.05, 0.1) is 24.0 Å². The van der Waals surface area contributed by atoms with E-state index in [1.54, 1.807) is 48.4 Å². The minimum absolute atomic E-state index is 0.0605. The first-order valence-electron chi connectivity index (χ1n) is 11.8. The zero-order valence-corrected chi connectivity index (χ0v) is 20.5. The summed E-state index contributed by atoms with van der Waals surface area (Å²) in [5, 5.41) is 0. The Morgan fingerprint density at radius 1 is 1.14 bits per heavy atom. The molecule has 0 bridgehead atoms. The SMILES string of the molecule is CN(C)C(=O)C1CN(c2ncc(N3CC[C@@H](Oc4ccc(C(=O)CCC(C)(F)F)cc4)C3=O)cn2)C1. The summed E-state index contributed by atoms with van der Waals surface area (Å²) in [6.45, 7) is 2.35. The van der Waals surface area contributed by atoms with Crippen molar-refractivity contribution in [2.75, 3.05) is 43.5 Å². The Hall–Kier alpha value is -3.63. The van der Waals surface area contributed by atoms with E-state index in [0.29, 0.717) is 49.0 Å². The van der Waals surface area contributed by atoms with Crippen molar-refractivity contribution in [1.29, 1.82) is 0 Å². The molecule has 4 rings (SSSR count). The summed E-state index contributed by atoms with van der Waals surface area (Å²) >= 11 is 0. The fourth-order valence-electron chi connectivity index (χ4n) is 4.16. The average Bonchev–Trinajstić information content (AvgIpc) is 3.16. The van der Waals surface area contributed by atoms with Gasteiger partial charge in [-0.2, -0.15) is 0 Å². The Bertz CT molecular complexity index is 1110. The summed E-state index contributed by atoms with van der Waals surface area (Å²) < 4.78 is 31.8. The standard InChI is InChI=1S/C25H29F2N5O4/c1-25(26,27)10-8-20(33)16-4-6-19(7-5-16)36-21-9-11-32(23(21)35)18-12-28-24(29-13-18)31-14-17(15-31)22(34)30(2)3/h4-7,12-13,17,21H,8-11,14-15H2,1-3H3/t21-/m1/s1. The van der Waals surface area contributed by atoms with E-state index in [-0.39, 0.29) is 29.9 Å². The monoisotopic (exact) mass is 501 g/mol. The lowest BCUT2D eigenvalue weighted by molar-refractivity contribution is -0.133. The van der Waals surface area contributed by atoms with Crippen LogP contribution in [-0.2, 0) is 9.59 Å². The Morgan fingerprint density at radius 2 is 1.78 bits per heavy atom.